The van der Waals surface area contributed by atoms with Crippen LogP contribution in [0.4, 0.5) is 15.3 Å². The largest absolute Gasteiger partial charge is 0.513 e. The molecular weight excluding hydrogens is 1670 g/mol. The molecular formula is C69H116N6O27S10. The van der Waals surface area contributed by atoms with Crippen LogP contribution < -0.4 is 33.4 Å². The lowest BCUT2D eigenvalue weighted by Crippen LogP contribution is -2.31. The minimum Gasteiger partial charge on any atom is -0.481 e. The molecule has 5 atom stereocenters. The molecule has 43 heteroatoms. The number of nitrogens with two attached hydrogens (primary N) is 4. The predicted molar refractivity (Wildman–Crippen MR) is 447 cm³/mol. The first-order chi connectivity index (χ1) is 53.9. The standard InChI is InChI=1S/C20H25NO8S2.C14H24N2O5S2.C13H22O4S2.C10H16O4S2.C8H14O2S2.C2H7NO.C2H4O3.H4N2/c22-16(14-28-19(23)6-2-1-5-18-11-13-30-31-18)4-3-12-27-20(24)29-17-9-7-15(8-10-17)21(25)26;15-16-14(19)20-8-3-4-11(17)10-21-13(18)6-2-1-5-12-7-9-22-23-12;14-8-3-4-11(15)10-17-13(16)6-2-1-5-12-7-9-18-19-12;11-9(12)7-14-10(13)4-2-1-3-8-5-6-15-16-8;9-8(10)4-2-1-3-7-5-6-11-12-7;3-1-2-4;3-1-2(4)5;1-2/h7-10,18H,1-6,11-14H2;12H,1-10,15H2,(H,16,19);12,14H,1-10H2;8H,1-7H2,(H,11,12);7H,1-6H2,(H,9,10);4H,1-3H2;3H,1H2,(H,4,5);1-2H2. The second-order valence-electron chi connectivity index (χ2n) is 24.2. The van der Waals surface area contributed by atoms with E-state index in [4.69, 9.17) is 70.7 Å². The zero-order chi connectivity index (χ0) is 83.6. The van der Waals surface area contributed by atoms with Crippen LogP contribution in [-0.2, 0) is 76.4 Å². The van der Waals surface area contributed by atoms with E-state index in [0.29, 0.717) is 56.7 Å². The maximum atomic E-state index is 11.8. The number of carbonyl (C=O) groups excluding carboxylic acids is 9. The molecule has 1 aromatic rings. The Hall–Kier alpha value is -4.32. The van der Waals surface area contributed by atoms with Gasteiger partial charge in [0.05, 0.1) is 24.7 Å². The number of ketones is 3. The Kier molecular flexibility index (Phi) is 76.3. The average Bonchev–Trinajstić information content (AvgIpc) is 1.33. The molecule has 33 nitrogen and oxygen atoms in total. The number of unbranched alkanes of at least 4 members (excludes halogenated alkanes) is 5. The number of nitro groups is 1. The normalized spacial score (nSPS) is 16.7. The van der Waals surface area contributed by atoms with Gasteiger partial charge in [-0.3, -0.25) is 65.6 Å². The number of hydrogen-bond donors (Lipinski definition) is 11. The fourth-order valence-corrected chi connectivity index (χ4v) is 24.2. The molecule has 0 radical (unpaired) electrons. The van der Waals surface area contributed by atoms with E-state index in [-0.39, 0.29) is 119 Å². The van der Waals surface area contributed by atoms with Gasteiger partial charge in [-0.15, -0.1) is 0 Å². The van der Waals surface area contributed by atoms with Crippen LogP contribution in [0.5, 0.6) is 5.75 Å². The Morgan fingerprint density at radius 1 is 0.420 bits per heavy atom. The van der Waals surface area contributed by atoms with Gasteiger partial charge in [-0.2, -0.15) is 0 Å². The summed E-state index contributed by atoms with van der Waals surface area (Å²) in [7, 11) is 19.3. The number of non-ortho nitro benzene ring substituents is 1. The van der Waals surface area contributed by atoms with Crippen LogP contribution in [0, 0.1) is 10.1 Å². The number of ether oxygens (including phenoxy) is 7. The summed E-state index contributed by atoms with van der Waals surface area (Å²) in [5.41, 5.74) is 6.47. The quantitative estimate of drug-likeness (QED) is 0.00332. The van der Waals surface area contributed by atoms with Gasteiger partial charge in [-0.05, 0) is 128 Å². The number of aliphatic hydroxyl groups excluding tert-OH is 3. The molecule has 5 aliphatic heterocycles. The fraction of sp³-hybridized carbons (Fsp3) is 0.739. The van der Waals surface area contributed by atoms with Crippen LogP contribution in [-0.4, -0.2) is 228 Å². The summed E-state index contributed by atoms with van der Waals surface area (Å²) in [5, 5.41) is 62.3. The fourth-order valence-electron chi connectivity index (χ4n) is 9.10. The van der Waals surface area contributed by atoms with Crippen LogP contribution in [0.1, 0.15) is 199 Å². The number of aliphatic hydroxyl groups is 3. The van der Waals surface area contributed by atoms with Gasteiger partial charge in [0, 0.05) is 132 Å². The molecule has 5 fully saturated rings. The van der Waals surface area contributed by atoms with Gasteiger partial charge in [0.2, 0.25) is 0 Å². The number of hydrogen-bond acceptors (Lipinski definition) is 38. The minimum absolute atomic E-state index is 0.00283. The van der Waals surface area contributed by atoms with E-state index >= 15 is 0 Å². The van der Waals surface area contributed by atoms with Gasteiger partial charge in [-0.25, -0.2) is 25.0 Å². The smallest absolute Gasteiger partial charge is 0.481 e. The van der Waals surface area contributed by atoms with Crippen molar-refractivity contribution in [3.8, 4) is 5.75 Å². The number of carboxylic acid groups (broad SMARTS) is 3. The number of nitrogens with zero attached hydrogens (tertiary/aromatic N) is 1. The average molecular weight is 1780 g/mol. The summed E-state index contributed by atoms with van der Waals surface area (Å²) in [6.45, 7) is -1.40. The lowest BCUT2D eigenvalue weighted by molar-refractivity contribution is -0.384. The van der Waals surface area contributed by atoms with Crippen molar-refractivity contribution >= 4 is 185 Å². The molecule has 1 amide bonds. The zero-order valence-corrected chi connectivity index (χ0v) is 71.5. The molecule has 112 heavy (non-hydrogen) atoms. The number of aliphatic carboxylic acids is 3. The Bertz CT molecular complexity index is 2720. The molecule has 0 saturated carbocycles. The highest BCUT2D eigenvalue weighted by Gasteiger charge is 2.22. The third-order valence-corrected chi connectivity index (χ3v) is 29.9. The van der Waals surface area contributed by atoms with E-state index < -0.39 is 54.3 Å². The number of nitrogens with one attached hydrogen (secondary N) is 1. The van der Waals surface area contributed by atoms with E-state index in [1.54, 1.807) is 0 Å². The Labute approximate surface area is 695 Å². The number of carboxylic acids is 3. The van der Waals surface area contributed by atoms with E-state index in [2.05, 4.69) is 21.2 Å². The number of Topliss-reactive ketones (excluding diaryl/α,β-unsaturated/α-hetero) is 3. The number of rotatable bonds is 48. The Balaban J connectivity index is 0. The second-order valence-corrected chi connectivity index (χ2v) is 38.2. The number of amides is 1. The van der Waals surface area contributed by atoms with Gasteiger partial charge >= 0.3 is 54.0 Å². The van der Waals surface area contributed by atoms with Crippen molar-refractivity contribution in [2.75, 3.05) is 94.8 Å². The van der Waals surface area contributed by atoms with Crippen molar-refractivity contribution in [3.63, 3.8) is 0 Å². The van der Waals surface area contributed by atoms with Gasteiger partial charge in [-0.1, -0.05) is 140 Å². The molecule has 0 bridgehead atoms. The van der Waals surface area contributed by atoms with Crippen LogP contribution in [0.25, 0.3) is 0 Å². The van der Waals surface area contributed by atoms with Crippen molar-refractivity contribution in [2.24, 2.45) is 23.3 Å². The number of benzene rings is 1. The van der Waals surface area contributed by atoms with Crippen molar-refractivity contribution in [1.29, 1.82) is 0 Å². The number of hydrazine groups is 2. The first-order valence-electron chi connectivity index (χ1n) is 36.8. The van der Waals surface area contributed by atoms with Crippen molar-refractivity contribution in [2.45, 2.75) is 225 Å². The van der Waals surface area contributed by atoms with E-state index in [0.717, 1.165) is 104 Å². The highest BCUT2D eigenvalue weighted by molar-refractivity contribution is 8.78. The molecule has 5 heterocycles. The topological polar surface area (TPSA) is 550 Å². The van der Waals surface area contributed by atoms with Crippen molar-refractivity contribution in [1.82, 2.24) is 5.43 Å². The maximum Gasteiger partial charge on any atom is 0.513 e. The molecule has 15 N–H and O–H groups in total. The van der Waals surface area contributed by atoms with Gasteiger partial charge in [0.25, 0.3) is 5.69 Å². The SMILES string of the molecule is NCCO.NN.NNC(=O)OCCCC(=O)COC(=O)CCCCC1CCSS1.O=C(CCCO)COC(=O)CCCCC1CCSS1.O=C(CCCOC(=O)Oc1ccc([N+](=O)[O-])cc1)COC(=O)CCCCC1CCSS1.O=C(O)CCCCC1CCSS1.O=C(O)CO.O=C(O)COC(=O)CCCCC1CCSS1. The van der Waals surface area contributed by atoms with Crippen LogP contribution in [0.2, 0.25) is 0 Å². The van der Waals surface area contributed by atoms with Crippen molar-refractivity contribution < 1.29 is 126 Å². The zero-order valence-electron chi connectivity index (χ0n) is 63.3. The van der Waals surface area contributed by atoms with Crippen LogP contribution in [0.3, 0.4) is 0 Å². The molecule has 644 valence electrons. The summed E-state index contributed by atoms with van der Waals surface area (Å²) in [6, 6.07) is 4.97. The maximum absolute atomic E-state index is 11.8. The minimum atomic E-state index is -1.19. The number of nitro benzene ring substituents is 1. The van der Waals surface area contributed by atoms with Gasteiger partial charge in [0.1, 0.15) is 32.2 Å². The lowest BCUT2D eigenvalue weighted by Gasteiger charge is -2.07. The number of esters is 4. The summed E-state index contributed by atoms with van der Waals surface area (Å²) in [6.07, 6.45) is 23.0. The highest BCUT2D eigenvalue weighted by atomic mass is 33.1. The third kappa shape index (κ3) is 72.2. The summed E-state index contributed by atoms with van der Waals surface area (Å²) in [5.74, 6) is 14.2. The third-order valence-electron chi connectivity index (χ3n) is 14.9. The van der Waals surface area contributed by atoms with Crippen LogP contribution in [0.15, 0.2) is 24.3 Å². The Morgan fingerprint density at radius 3 is 1.00 bits per heavy atom. The predicted octanol–water partition coefficient (Wildman–Crippen LogP) is 11.4. The summed E-state index contributed by atoms with van der Waals surface area (Å²) in [4.78, 5) is 142. The van der Waals surface area contributed by atoms with E-state index in [1.807, 2.05) is 113 Å². The van der Waals surface area contributed by atoms with E-state index in [9.17, 15) is 62.9 Å². The molecule has 5 unspecified atom stereocenters. The summed E-state index contributed by atoms with van der Waals surface area (Å²) < 4.78 is 33.7. The number of carbonyl (C=O) groups is 12. The molecule has 5 aliphatic rings. The highest BCUT2D eigenvalue weighted by Crippen LogP contribution is 2.43. The van der Waals surface area contributed by atoms with Gasteiger partial charge < -0.3 is 69.5 Å². The van der Waals surface area contributed by atoms with Crippen molar-refractivity contribution in [3.05, 3.63) is 34.4 Å². The molecule has 6 rings (SSSR count). The van der Waals surface area contributed by atoms with Gasteiger partial charge in [0.15, 0.2) is 24.0 Å². The van der Waals surface area contributed by atoms with E-state index in [1.165, 1.54) is 98.0 Å². The lowest BCUT2D eigenvalue weighted by atomic mass is 10.1. The molecule has 0 aromatic heterocycles. The molecule has 0 spiro atoms. The monoisotopic (exact) mass is 1780 g/mol. The first kappa shape index (κ1) is 110. The molecule has 5 saturated heterocycles. The first-order valence-corrected chi connectivity index (χ1v) is 48.7. The van der Waals surface area contributed by atoms with Crippen LogP contribution >= 0.6 is 108 Å². The summed E-state index contributed by atoms with van der Waals surface area (Å²) >= 11 is 0. The molecule has 0 aliphatic carbocycles. The second kappa shape index (κ2) is 77.9. The molecule has 1 aromatic carbocycles. The Morgan fingerprint density at radius 2 is 0.732 bits per heavy atom.